The molecule has 2 N–H and O–H groups in total. The summed E-state index contributed by atoms with van der Waals surface area (Å²) in [6.45, 7) is 4.80. The van der Waals surface area contributed by atoms with Crippen LogP contribution in [-0.2, 0) is 19.5 Å². The highest BCUT2D eigenvalue weighted by Crippen LogP contribution is 2.04. The summed E-state index contributed by atoms with van der Waals surface area (Å²) in [5.74, 6) is 0.211. The fraction of sp³-hybridized carbons (Fsp3) is 0.900. The molecular weight excluding hydrogens is 244 g/mol. The van der Waals surface area contributed by atoms with Gasteiger partial charge in [-0.1, -0.05) is 13.8 Å². The Kier molecular flexibility index (Phi) is 5.35. The van der Waals surface area contributed by atoms with Gasteiger partial charge in [-0.05, 0) is 5.92 Å². The summed E-state index contributed by atoms with van der Waals surface area (Å²) in [6, 6.07) is -0.309. The largest absolute Gasteiger partial charge is 0.311 e. The topological polar surface area (TPSA) is 84.5 Å². The number of rotatable bonds is 5. The Morgan fingerprint density at radius 2 is 2.24 bits per heavy atom. The molecule has 0 aromatic rings. The molecule has 0 radical (unpaired) electrons. The normalized spacial score (nSPS) is 23.6. The van der Waals surface area contributed by atoms with Gasteiger partial charge in [0, 0.05) is 19.0 Å². The molecule has 6 nitrogen and oxygen atoms in total. The molecule has 1 unspecified atom stereocenters. The highest BCUT2D eigenvalue weighted by molar-refractivity contribution is 7.91. The Balaban J connectivity index is 2.26. The van der Waals surface area contributed by atoms with Gasteiger partial charge in [0.1, 0.15) is 0 Å². The first-order valence-corrected chi connectivity index (χ1v) is 7.55. The van der Waals surface area contributed by atoms with Crippen molar-refractivity contribution >= 4 is 15.7 Å². The van der Waals surface area contributed by atoms with E-state index in [0.717, 1.165) is 0 Å². The lowest BCUT2D eigenvalue weighted by molar-refractivity contribution is -0.134. The van der Waals surface area contributed by atoms with Gasteiger partial charge in [-0.2, -0.15) is 0 Å². The van der Waals surface area contributed by atoms with E-state index in [9.17, 15) is 13.2 Å². The fourth-order valence-corrected chi connectivity index (χ4v) is 3.00. The second-order valence-electron chi connectivity index (χ2n) is 4.70. The molecule has 0 spiro atoms. The number of amides is 1. The van der Waals surface area contributed by atoms with Gasteiger partial charge in [0.25, 0.3) is 0 Å². The quantitative estimate of drug-likeness (QED) is 0.652. The van der Waals surface area contributed by atoms with Crippen LogP contribution in [0.25, 0.3) is 0 Å². The van der Waals surface area contributed by atoms with E-state index >= 15 is 0 Å². The summed E-state index contributed by atoms with van der Waals surface area (Å²) in [6.07, 6.45) is 0.122. The number of hydrogen-bond acceptors (Lipinski definition) is 5. The third-order valence-corrected chi connectivity index (χ3v) is 4.07. The minimum Gasteiger partial charge on any atom is -0.311 e. The summed E-state index contributed by atoms with van der Waals surface area (Å²) in [5, 5.41) is 3.01. The molecule has 1 heterocycles. The summed E-state index contributed by atoms with van der Waals surface area (Å²) in [7, 11) is -2.99. The van der Waals surface area contributed by atoms with E-state index in [4.69, 9.17) is 4.84 Å². The predicted molar refractivity (Wildman–Crippen MR) is 64.0 cm³/mol. The van der Waals surface area contributed by atoms with Crippen LogP contribution in [0.1, 0.15) is 20.3 Å². The second kappa shape index (κ2) is 6.32. The van der Waals surface area contributed by atoms with Gasteiger partial charge in [-0.3, -0.25) is 9.63 Å². The molecule has 17 heavy (non-hydrogen) atoms. The van der Waals surface area contributed by atoms with Gasteiger partial charge in [-0.15, -0.1) is 0 Å². The average molecular weight is 264 g/mol. The van der Waals surface area contributed by atoms with Crippen molar-refractivity contribution in [1.29, 1.82) is 0 Å². The first-order chi connectivity index (χ1) is 7.89. The summed E-state index contributed by atoms with van der Waals surface area (Å²) in [5.41, 5.74) is 2.31. The van der Waals surface area contributed by atoms with Crippen LogP contribution in [-0.4, -0.2) is 45.0 Å². The van der Waals surface area contributed by atoms with Crippen molar-refractivity contribution < 1.29 is 18.0 Å². The van der Waals surface area contributed by atoms with E-state index in [-0.39, 0.29) is 29.9 Å². The van der Waals surface area contributed by atoms with Crippen molar-refractivity contribution in [3.8, 4) is 0 Å². The van der Waals surface area contributed by atoms with Crippen molar-refractivity contribution in [3.63, 3.8) is 0 Å². The van der Waals surface area contributed by atoms with E-state index in [1.165, 1.54) is 0 Å². The zero-order valence-electron chi connectivity index (χ0n) is 10.2. The minimum absolute atomic E-state index is 0.0185. The number of carbonyl (C=O) groups excluding carboxylic acids is 1. The van der Waals surface area contributed by atoms with Gasteiger partial charge in [-0.25, -0.2) is 13.9 Å². The van der Waals surface area contributed by atoms with Crippen molar-refractivity contribution in [2.45, 2.75) is 26.3 Å². The van der Waals surface area contributed by atoms with Crippen LogP contribution in [0.3, 0.4) is 0 Å². The molecule has 0 aromatic heterocycles. The molecular formula is C10H20N2O4S. The average Bonchev–Trinajstić information content (AvgIpc) is 2.14. The predicted octanol–water partition coefficient (Wildman–Crippen LogP) is -0.533. The van der Waals surface area contributed by atoms with E-state index in [1.807, 2.05) is 13.8 Å². The lowest BCUT2D eigenvalue weighted by atomic mass is 10.2. The molecule has 0 aliphatic carbocycles. The lowest BCUT2D eigenvalue weighted by Crippen LogP contribution is -2.47. The number of hydrogen-bond donors (Lipinski definition) is 2. The molecule has 0 saturated carbocycles. The first kappa shape index (κ1) is 14.4. The molecule has 7 heteroatoms. The lowest BCUT2D eigenvalue weighted by Gasteiger charge is -2.23. The summed E-state index contributed by atoms with van der Waals surface area (Å²) in [4.78, 5) is 16.4. The Labute approximate surface area is 102 Å². The first-order valence-electron chi connectivity index (χ1n) is 5.73. The van der Waals surface area contributed by atoms with E-state index in [0.29, 0.717) is 19.1 Å². The summed E-state index contributed by atoms with van der Waals surface area (Å²) < 4.78 is 22.7. The minimum atomic E-state index is -2.99. The standard InChI is InChI=1S/C10H20N2O4S/c1-8(2)6-16-12-10(13)5-9-7-17(14,15)4-3-11-9/h8-9,11H,3-7H2,1-2H3,(H,12,13). The van der Waals surface area contributed by atoms with Crippen molar-refractivity contribution in [2.75, 3.05) is 24.7 Å². The Morgan fingerprint density at radius 1 is 1.53 bits per heavy atom. The number of carbonyl (C=O) groups is 1. The molecule has 1 rings (SSSR count). The molecule has 0 bridgehead atoms. The van der Waals surface area contributed by atoms with Gasteiger partial charge in [0.05, 0.1) is 18.1 Å². The molecule has 1 atom stereocenters. The second-order valence-corrected chi connectivity index (χ2v) is 6.93. The number of nitrogens with one attached hydrogen (secondary N) is 2. The third-order valence-electron chi connectivity index (χ3n) is 2.34. The number of sulfone groups is 1. The number of hydroxylamine groups is 1. The van der Waals surface area contributed by atoms with Crippen LogP contribution in [0, 0.1) is 5.92 Å². The smallest absolute Gasteiger partial charge is 0.245 e. The SMILES string of the molecule is CC(C)CONC(=O)CC1CS(=O)(=O)CCN1. The third kappa shape index (κ3) is 5.99. The molecule has 1 saturated heterocycles. The fourth-order valence-electron chi connectivity index (χ4n) is 1.55. The van der Waals surface area contributed by atoms with Crippen LogP contribution in [0.5, 0.6) is 0 Å². The Morgan fingerprint density at radius 3 is 2.82 bits per heavy atom. The van der Waals surface area contributed by atoms with Crippen LogP contribution in [0.4, 0.5) is 0 Å². The van der Waals surface area contributed by atoms with E-state index in [1.54, 1.807) is 0 Å². The maximum absolute atomic E-state index is 11.4. The van der Waals surface area contributed by atoms with Crippen molar-refractivity contribution in [1.82, 2.24) is 10.8 Å². The van der Waals surface area contributed by atoms with E-state index in [2.05, 4.69) is 10.8 Å². The molecule has 1 aliphatic rings. The van der Waals surface area contributed by atoms with Crippen LogP contribution < -0.4 is 10.8 Å². The van der Waals surface area contributed by atoms with Crippen molar-refractivity contribution in [3.05, 3.63) is 0 Å². The monoisotopic (exact) mass is 264 g/mol. The maximum Gasteiger partial charge on any atom is 0.245 e. The zero-order valence-corrected chi connectivity index (χ0v) is 11.0. The summed E-state index contributed by atoms with van der Waals surface area (Å²) >= 11 is 0. The highest BCUT2D eigenvalue weighted by Gasteiger charge is 2.25. The molecule has 0 aromatic carbocycles. The maximum atomic E-state index is 11.4. The van der Waals surface area contributed by atoms with Crippen molar-refractivity contribution in [2.24, 2.45) is 5.92 Å². The van der Waals surface area contributed by atoms with Gasteiger partial charge in [0.15, 0.2) is 9.84 Å². The highest BCUT2D eigenvalue weighted by atomic mass is 32.2. The van der Waals surface area contributed by atoms with Crippen LogP contribution in [0.15, 0.2) is 0 Å². The zero-order chi connectivity index (χ0) is 12.9. The molecule has 1 fully saturated rings. The molecule has 100 valence electrons. The Bertz CT molecular complexity index is 353. The van der Waals surface area contributed by atoms with Gasteiger partial charge >= 0.3 is 0 Å². The van der Waals surface area contributed by atoms with Gasteiger partial charge in [0.2, 0.25) is 5.91 Å². The van der Waals surface area contributed by atoms with E-state index < -0.39 is 9.84 Å². The van der Waals surface area contributed by atoms with Crippen LogP contribution >= 0.6 is 0 Å². The van der Waals surface area contributed by atoms with Crippen LogP contribution in [0.2, 0.25) is 0 Å². The van der Waals surface area contributed by atoms with Gasteiger partial charge < -0.3 is 5.32 Å². The molecule has 1 aliphatic heterocycles. The Hall–Kier alpha value is -0.660. The molecule has 1 amide bonds.